The summed E-state index contributed by atoms with van der Waals surface area (Å²) >= 11 is 7.02. The fourth-order valence-corrected chi connectivity index (χ4v) is 0. The second kappa shape index (κ2) is 2.79. The molecule has 5 heavy (non-hydrogen) atoms. The van der Waals surface area contributed by atoms with E-state index >= 15 is 0 Å². The Bertz CT molecular complexity index is 33.9. The minimum atomic E-state index is 0.155. The van der Waals surface area contributed by atoms with E-state index in [-0.39, 0.29) is 4.16 Å². The normalized spacial score (nSPS) is 14.0. The number of thiol groups is 1. The predicted octanol–water partition coefficient (Wildman–Crippen LogP) is 1.82. The average molecular weight is 153 g/mol. The molecule has 0 amide bonds. The second-order valence-electron chi connectivity index (χ2n) is 0.608. The molecule has 0 aromatic rings. The minimum Gasteiger partial charge on any atom is -0.160 e. The van der Waals surface area contributed by atoms with Crippen molar-refractivity contribution in [2.24, 2.45) is 0 Å². The van der Waals surface area contributed by atoms with Gasteiger partial charge in [0.1, 0.15) is 0 Å². The van der Waals surface area contributed by atoms with Crippen LogP contribution in [0.2, 0.25) is 0 Å². The van der Waals surface area contributed by atoms with Crippen LogP contribution in [0.25, 0.3) is 0 Å². The monoisotopic (exact) mass is 152 g/mol. The van der Waals surface area contributed by atoms with Crippen LogP contribution in [0.1, 0.15) is 0 Å². The molecule has 0 saturated carbocycles. The molecule has 0 N–H and O–H groups in total. The first-order valence-corrected chi connectivity index (χ1v) is 2.65. The van der Waals surface area contributed by atoms with Crippen LogP contribution < -0.4 is 0 Å². The van der Waals surface area contributed by atoms with E-state index < -0.39 is 0 Å². The van der Waals surface area contributed by atoms with Gasteiger partial charge >= 0.3 is 0 Å². The third-order valence-corrected chi connectivity index (χ3v) is 0.779. The van der Waals surface area contributed by atoms with Crippen molar-refractivity contribution in [1.29, 1.82) is 0 Å². The molecular formula is C3H5BrS. The van der Waals surface area contributed by atoms with Crippen molar-refractivity contribution in [3.63, 3.8) is 0 Å². The first kappa shape index (κ1) is 5.57. The number of hydrogen-bond donors (Lipinski definition) is 1. The third kappa shape index (κ3) is 4.57. The summed E-state index contributed by atoms with van der Waals surface area (Å²) < 4.78 is 0.155. The van der Waals surface area contributed by atoms with E-state index in [0.29, 0.717) is 0 Å². The highest BCUT2D eigenvalue weighted by Gasteiger charge is 1.77. The molecule has 0 radical (unpaired) electrons. The van der Waals surface area contributed by atoms with Crippen LogP contribution in [-0.2, 0) is 0 Å². The lowest BCUT2D eigenvalue weighted by atomic mass is 10.8. The van der Waals surface area contributed by atoms with Crippen molar-refractivity contribution in [2.45, 2.75) is 4.16 Å². The minimum absolute atomic E-state index is 0.155. The molecule has 30 valence electrons. The molecule has 0 bridgehead atoms. The Hall–Kier alpha value is 0.570. The lowest BCUT2D eigenvalue weighted by Crippen LogP contribution is -1.67. The van der Waals surface area contributed by atoms with Crippen molar-refractivity contribution in [3.05, 3.63) is 12.7 Å². The van der Waals surface area contributed by atoms with Crippen LogP contribution in [0.3, 0.4) is 0 Å². The number of alkyl halides is 1. The second-order valence-corrected chi connectivity index (χ2v) is 2.86. The Morgan fingerprint density at radius 2 is 2.20 bits per heavy atom. The summed E-state index contributed by atoms with van der Waals surface area (Å²) in [6, 6.07) is 0. The lowest BCUT2D eigenvalue weighted by molar-refractivity contribution is 1.75. The quantitative estimate of drug-likeness (QED) is 0.331. The van der Waals surface area contributed by atoms with Gasteiger partial charge in [0, 0.05) is 0 Å². The van der Waals surface area contributed by atoms with Crippen LogP contribution in [0.15, 0.2) is 12.7 Å². The molecule has 0 fully saturated rings. The number of hydrogen-bond acceptors (Lipinski definition) is 1. The van der Waals surface area contributed by atoms with E-state index in [0.717, 1.165) is 0 Å². The molecule has 0 aromatic heterocycles. The van der Waals surface area contributed by atoms with E-state index in [4.69, 9.17) is 0 Å². The van der Waals surface area contributed by atoms with Gasteiger partial charge in [0.25, 0.3) is 0 Å². The van der Waals surface area contributed by atoms with Crippen molar-refractivity contribution >= 4 is 28.6 Å². The van der Waals surface area contributed by atoms with Gasteiger partial charge in [-0.15, -0.1) is 6.58 Å². The third-order valence-electron chi connectivity index (χ3n) is 0.194. The zero-order valence-electron chi connectivity index (χ0n) is 2.69. The molecule has 0 nitrogen and oxygen atoms in total. The summed E-state index contributed by atoms with van der Waals surface area (Å²) in [7, 11) is 0. The highest BCUT2D eigenvalue weighted by Crippen LogP contribution is 2.01. The van der Waals surface area contributed by atoms with Crippen LogP contribution in [0, 0.1) is 0 Å². The Morgan fingerprint density at radius 1 is 2.00 bits per heavy atom. The molecule has 2 heteroatoms. The molecule has 0 spiro atoms. The summed E-state index contributed by atoms with van der Waals surface area (Å²) in [6.07, 6.45) is 1.70. The van der Waals surface area contributed by atoms with E-state index in [9.17, 15) is 0 Å². The summed E-state index contributed by atoms with van der Waals surface area (Å²) in [4.78, 5) is 0. The molecule has 0 heterocycles. The molecule has 0 aliphatic carbocycles. The highest BCUT2D eigenvalue weighted by atomic mass is 79.9. The Kier molecular flexibility index (Phi) is 3.11. The number of halogens is 1. The molecular weight excluding hydrogens is 148 g/mol. The van der Waals surface area contributed by atoms with E-state index in [1.807, 2.05) is 0 Å². The Balaban J connectivity index is 2.83. The van der Waals surface area contributed by atoms with E-state index in [2.05, 4.69) is 35.1 Å². The van der Waals surface area contributed by atoms with Gasteiger partial charge in [0.2, 0.25) is 0 Å². The largest absolute Gasteiger partial charge is 0.160 e. The van der Waals surface area contributed by atoms with Crippen LogP contribution in [0.5, 0.6) is 0 Å². The zero-order chi connectivity index (χ0) is 4.28. The lowest BCUT2D eigenvalue weighted by Gasteiger charge is -1.80. The van der Waals surface area contributed by atoms with Gasteiger partial charge in [-0.3, -0.25) is 0 Å². The van der Waals surface area contributed by atoms with E-state index in [1.165, 1.54) is 0 Å². The molecule has 0 aromatic carbocycles. The zero-order valence-corrected chi connectivity index (χ0v) is 5.17. The van der Waals surface area contributed by atoms with Gasteiger partial charge < -0.3 is 0 Å². The maximum Gasteiger partial charge on any atom is 0.0747 e. The number of rotatable bonds is 1. The van der Waals surface area contributed by atoms with Crippen molar-refractivity contribution in [2.75, 3.05) is 0 Å². The van der Waals surface area contributed by atoms with Crippen molar-refractivity contribution in [3.8, 4) is 0 Å². The van der Waals surface area contributed by atoms with Crippen molar-refractivity contribution in [1.82, 2.24) is 0 Å². The van der Waals surface area contributed by atoms with Crippen LogP contribution in [0.4, 0.5) is 0 Å². The van der Waals surface area contributed by atoms with Gasteiger partial charge in [-0.25, -0.2) is 0 Å². The maximum atomic E-state index is 3.90. The SMILES string of the molecule is C=CC(S)Br. The Labute approximate surface area is 45.8 Å². The van der Waals surface area contributed by atoms with E-state index in [1.54, 1.807) is 6.08 Å². The topological polar surface area (TPSA) is 0 Å². The van der Waals surface area contributed by atoms with Crippen molar-refractivity contribution < 1.29 is 0 Å². The first-order chi connectivity index (χ1) is 2.27. The van der Waals surface area contributed by atoms with Crippen LogP contribution in [-0.4, -0.2) is 4.16 Å². The predicted molar refractivity (Wildman–Crippen MR) is 31.9 cm³/mol. The molecule has 0 saturated heterocycles. The molecule has 0 rings (SSSR count). The average Bonchev–Trinajstić information content (AvgIpc) is 1.38. The van der Waals surface area contributed by atoms with Gasteiger partial charge in [-0.1, -0.05) is 22.0 Å². The molecule has 1 unspecified atom stereocenters. The fraction of sp³-hybridized carbons (Fsp3) is 0.333. The fourth-order valence-electron chi connectivity index (χ4n) is 0. The summed E-state index contributed by atoms with van der Waals surface area (Å²) in [5.41, 5.74) is 0. The first-order valence-electron chi connectivity index (χ1n) is 1.22. The van der Waals surface area contributed by atoms with Crippen LogP contribution >= 0.6 is 28.6 Å². The molecule has 0 aliphatic heterocycles. The summed E-state index contributed by atoms with van der Waals surface area (Å²) in [6.45, 7) is 3.44. The standard InChI is InChI=1S/C3H5BrS/c1-2-3(4)5/h2-3,5H,1H2. The molecule has 0 aliphatic rings. The van der Waals surface area contributed by atoms with Gasteiger partial charge in [-0.2, -0.15) is 12.6 Å². The maximum absolute atomic E-state index is 3.90. The van der Waals surface area contributed by atoms with Gasteiger partial charge in [0.15, 0.2) is 0 Å². The Morgan fingerprint density at radius 3 is 2.20 bits per heavy atom. The summed E-state index contributed by atoms with van der Waals surface area (Å²) in [5.74, 6) is 0. The highest BCUT2D eigenvalue weighted by molar-refractivity contribution is 9.11. The van der Waals surface area contributed by atoms with Gasteiger partial charge in [0.05, 0.1) is 4.16 Å². The smallest absolute Gasteiger partial charge is 0.0747 e. The molecule has 1 atom stereocenters. The summed E-state index contributed by atoms with van der Waals surface area (Å²) in [5, 5.41) is 0. The van der Waals surface area contributed by atoms with Gasteiger partial charge in [-0.05, 0) is 0 Å².